The van der Waals surface area contributed by atoms with Crippen molar-refractivity contribution < 1.29 is 13.6 Å². The molecule has 0 aromatic heterocycles. The lowest BCUT2D eigenvalue weighted by molar-refractivity contribution is 0.127. The molecule has 0 atom stereocenters. The Labute approximate surface area is 99.3 Å². The van der Waals surface area contributed by atoms with E-state index in [9.17, 15) is 8.78 Å². The Morgan fingerprint density at radius 3 is 2.82 bits per heavy atom. The Kier molecular flexibility index (Phi) is 4.07. The predicted octanol–water partition coefficient (Wildman–Crippen LogP) is 3.53. The summed E-state index contributed by atoms with van der Waals surface area (Å²) < 4.78 is 26.0. The van der Waals surface area contributed by atoms with Crippen molar-refractivity contribution in [1.29, 1.82) is 0 Å². The molecule has 2 nitrogen and oxygen atoms in total. The molecule has 1 radical (unpaired) electrons. The van der Waals surface area contributed by atoms with Crippen molar-refractivity contribution in [3.8, 4) is 0 Å². The molecule has 1 aromatic carbocycles. The van der Waals surface area contributed by atoms with Gasteiger partial charge in [-0.1, -0.05) is 18.0 Å². The summed E-state index contributed by atoms with van der Waals surface area (Å²) in [5.41, 5.74) is 0.168. The van der Waals surface area contributed by atoms with Crippen LogP contribution in [0.3, 0.4) is 0 Å². The summed E-state index contributed by atoms with van der Waals surface area (Å²) in [4.78, 5) is 4.92. The molecule has 1 aliphatic carbocycles. The summed E-state index contributed by atoms with van der Waals surface area (Å²) in [6.07, 6.45) is 7.44. The number of nitrogens with zero attached hydrogens (tertiary/aromatic N) is 1. The fourth-order valence-electron chi connectivity index (χ4n) is 1.92. The number of hydrogen-bond acceptors (Lipinski definition) is 2. The summed E-state index contributed by atoms with van der Waals surface area (Å²) in [5.74, 6) is -0.608. The molecule has 0 N–H and O–H groups in total. The Bertz CT molecular complexity index is 400. The first-order chi connectivity index (χ1) is 8.25. The van der Waals surface area contributed by atoms with E-state index < -0.39 is 11.6 Å². The Hall–Kier alpha value is -1.45. The molecule has 2 rings (SSSR count). The third kappa shape index (κ3) is 3.51. The van der Waals surface area contributed by atoms with Gasteiger partial charge < -0.3 is 4.84 Å². The van der Waals surface area contributed by atoms with E-state index in [4.69, 9.17) is 4.84 Å². The van der Waals surface area contributed by atoms with Gasteiger partial charge in [0.1, 0.15) is 24.5 Å². The molecule has 0 saturated heterocycles. The minimum atomic E-state index is -0.484. The molecule has 0 bridgehead atoms. The Morgan fingerprint density at radius 2 is 2.06 bits per heavy atom. The van der Waals surface area contributed by atoms with Gasteiger partial charge in [0.25, 0.3) is 0 Å². The zero-order valence-corrected chi connectivity index (χ0v) is 9.46. The van der Waals surface area contributed by atoms with E-state index >= 15 is 0 Å². The fourth-order valence-corrected chi connectivity index (χ4v) is 1.92. The third-order valence-corrected chi connectivity index (χ3v) is 2.88. The van der Waals surface area contributed by atoms with Crippen LogP contribution in [0.4, 0.5) is 8.78 Å². The van der Waals surface area contributed by atoms with Crippen LogP contribution in [0.2, 0.25) is 0 Å². The average molecular weight is 238 g/mol. The van der Waals surface area contributed by atoms with Gasteiger partial charge in [0.05, 0.1) is 0 Å². The Balaban J connectivity index is 1.82. The first-order valence-corrected chi connectivity index (χ1v) is 5.77. The highest BCUT2D eigenvalue weighted by molar-refractivity contribution is 5.60. The molecule has 0 heterocycles. The zero-order chi connectivity index (χ0) is 12.1. The molecule has 0 aliphatic heterocycles. The molecule has 17 heavy (non-hydrogen) atoms. The van der Waals surface area contributed by atoms with Crippen LogP contribution in [0.15, 0.2) is 23.4 Å². The second kappa shape index (κ2) is 5.75. The van der Waals surface area contributed by atoms with Crippen molar-refractivity contribution in [2.75, 3.05) is 0 Å². The molecular weight excluding hydrogens is 224 g/mol. The first kappa shape index (κ1) is 12.0. The average Bonchev–Trinajstić information content (AvgIpc) is 2.82. The van der Waals surface area contributed by atoms with Crippen molar-refractivity contribution >= 4 is 6.21 Å². The normalized spacial score (nSPS) is 16.8. The summed E-state index contributed by atoms with van der Waals surface area (Å²) in [7, 11) is 0. The molecule has 1 saturated carbocycles. The minimum Gasteiger partial charge on any atom is -0.391 e. The quantitative estimate of drug-likeness (QED) is 0.580. The highest BCUT2D eigenvalue weighted by atomic mass is 19.1. The monoisotopic (exact) mass is 238 g/mol. The van der Waals surface area contributed by atoms with Crippen LogP contribution in [0.5, 0.6) is 0 Å². The maximum Gasteiger partial charge on any atom is 0.145 e. The summed E-state index contributed by atoms with van der Waals surface area (Å²) in [6, 6.07) is 3.27. The van der Waals surface area contributed by atoms with Crippen molar-refractivity contribution in [2.45, 2.75) is 32.3 Å². The van der Waals surface area contributed by atoms with Crippen molar-refractivity contribution in [3.05, 3.63) is 35.4 Å². The number of hydrogen-bond donors (Lipinski definition) is 0. The molecule has 1 aliphatic rings. The van der Waals surface area contributed by atoms with Crippen LogP contribution < -0.4 is 0 Å². The summed E-state index contributed by atoms with van der Waals surface area (Å²) >= 11 is 0. The molecule has 1 aromatic rings. The number of halogens is 2. The van der Waals surface area contributed by atoms with Gasteiger partial charge in [-0.15, -0.1) is 0 Å². The molecule has 0 spiro atoms. The van der Waals surface area contributed by atoms with Crippen LogP contribution in [-0.2, 0) is 11.4 Å². The first-order valence-electron chi connectivity index (χ1n) is 5.77. The van der Waals surface area contributed by atoms with E-state index in [0.29, 0.717) is 5.92 Å². The van der Waals surface area contributed by atoms with Crippen molar-refractivity contribution in [2.24, 2.45) is 11.1 Å². The summed E-state index contributed by atoms with van der Waals surface area (Å²) in [6.45, 7) is -0.0662. The molecule has 1 fully saturated rings. The lowest BCUT2D eigenvalue weighted by atomic mass is 10.1. The van der Waals surface area contributed by atoms with E-state index in [1.54, 1.807) is 0 Å². The SMILES string of the molecule is Fc1ccc(F)c(CO/N=[C]\C2CCCC2)c1. The van der Waals surface area contributed by atoms with Gasteiger partial charge in [-0.25, -0.2) is 8.78 Å². The summed E-state index contributed by atoms with van der Waals surface area (Å²) in [5, 5.41) is 3.68. The van der Waals surface area contributed by atoms with E-state index in [1.807, 2.05) is 0 Å². The van der Waals surface area contributed by atoms with Gasteiger partial charge in [-0.3, -0.25) is 0 Å². The zero-order valence-electron chi connectivity index (χ0n) is 9.46. The number of benzene rings is 1. The van der Waals surface area contributed by atoms with Gasteiger partial charge in [0.15, 0.2) is 0 Å². The predicted molar refractivity (Wildman–Crippen MR) is 60.5 cm³/mol. The smallest absolute Gasteiger partial charge is 0.145 e. The maximum absolute atomic E-state index is 13.2. The van der Waals surface area contributed by atoms with Gasteiger partial charge in [-0.05, 0) is 31.0 Å². The van der Waals surface area contributed by atoms with Crippen molar-refractivity contribution in [1.82, 2.24) is 0 Å². The second-order valence-corrected chi connectivity index (χ2v) is 4.21. The van der Waals surface area contributed by atoms with Crippen molar-refractivity contribution in [3.63, 3.8) is 0 Å². The molecule has 91 valence electrons. The van der Waals surface area contributed by atoms with E-state index in [-0.39, 0.29) is 12.2 Å². The van der Waals surface area contributed by atoms with Crippen LogP contribution in [0.25, 0.3) is 0 Å². The van der Waals surface area contributed by atoms with Gasteiger partial charge in [0.2, 0.25) is 0 Å². The number of rotatable bonds is 4. The van der Waals surface area contributed by atoms with E-state index in [2.05, 4.69) is 11.4 Å². The van der Waals surface area contributed by atoms with Gasteiger partial charge in [-0.2, -0.15) is 0 Å². The largest absolute Gasteiger partial charge is 0.391 e. The topological polar surface area (TPSA) is 21.6 Å². The van der Waals surface area contributed by atoms with Gasteiger partial charge in [0, 0.05) is 11.5 Å². The van der Waals surface area contributed by atoms with Crippen LogP contribution in [-0.4, -0.2) is 6.21 Å². The van der Waals surface area contributed by atoms with Crippen LogP contribution in [0.1, 0.15) is 31.2 Å². The van der Waals surface area contributed by atoms with Crippen LogP contribution in [0, 0.1) is 17.6 Å². The lowest BCUT2D eigenvalue weighted by Gasteiger charge is -2.02. The minimum absolute atomic E-state index is 0.0662. The van der Waals surface area contributed by atoms with E-state index in [0.717, 1.165) is 31.0 Å². The molecule has 4 heteroatoms. The standard InChI is InChI=1S/C13H14F2NO/c14-12-5-6-13(15)11(7-12)9-17-16-8-10-3-1-2-4-10/h5-7,10H,1-4,9H2. The van der Waals surface area contributed by atoms with Gasteiger partial charge >= 0.3 is 0 Å². The fraction of sp³-hybridized carbons (Fsp3) is 0.462. The maximum atomic E-state index is 13.2. The lowest BCUT2D eigenvalue weighted by Crippen LogP contribution is -1.97. The Morgan fingerprint density at radius 1 is 1.29 bits per heavy atom. The molecule has 0 unspecified atom stereocenters. The highest BCUT2D eigenvalue weighted by Gasteiger charge is 2.13. The van der Waals surface area contributed by atoms with Crippen LogP contribution >= 0.6 is 0 Å². The molecular formula is C13H14F2NO. The highest BCUT2D eigenvalue weighted by Crippen LogP contribution is 2.22. The third-order valence-electron chi connectivity index (χ3n) is 2.88. The molecule has 0 amide bonds. The van der Waals surface area contributed by atoms with E-state index in [1.165, 1.54) is 12.8 Å². The second-order valence-electron chi connectivity index (χ2n) is 4.21.